The summed E-state index contributed by atoms with van der Waals surface area (Å²) in [5.74, 6) is -0.225. The van der Waals surface area contributed by atoms with Gasteiger partial charge < -0.3 is 5.32 Å². The van der Waals surface area contributed by atoms with E-state index in [0.717, 1.165) is 11.3 Å². The second kappa shape index (κ2) is 6.56. The lowest BCUT2D eigenvalue weighted by Crippen LogP contribution is -2.14. The maximum Gasteiger partial charge on any atom is 0.278 e. The van der Waals surface area contributed by atoms with Gasteiger partial charge in [-0.1, -0.05) is 12.1 Å². The van der Waals surface area contributed by atoms with Crippen molar-refractivity contribution in [2.24, 2.45) is 7.05 Å². The van der Waals surface area contributed by atoms with Crippen LogP contribution in [-0.2, 0) is 13.6 Å². The van der Waals surface area contributed by atoms with Crippen LogP contribution in [0.2, 0.25) is 0 Å². The molecule has 0 atom stereocenters. The third-order valence-corrected chi connectivity index (χ3v) is 4.54. The Hall–Kier alpha value is -2.48. The van der Waals surface area contributed by atoms with Gasteiger partial charge in [-0.05, 0) is 40.5 Å². The van der Waals surface area contributed by atoms with Gasteiger partial charge >= 0.3 is 0 Å². The van der Waals surface area contributed by atoms with Crippen LogP contribution in [0, 0.1) is 12.7 Å². The van der Waals surface area contributed by atoms with Crippen LogP contribution < -0.4 is 5.32 Å². The number of benzene rings is 1. The van der Waals surface area contributed by atoms with Gasteiger partial charge in [0, 0.05) is 19.3 Å². The smallest absolute Gasteiger partial charge is 0.278 e. The molecule has 24 heavy (non-hydrogen) atoms. The second-order valence-corrected chi connectivity index (χ2v) is 6.15. The molecule has 3 rings (SSSR count). The van der Waals surface area contributed by atoms with Gasteiger partial charge in [0.05, 0.1) is 16.7 Å². The number of carbonyl (C=O) groups excluding carboxylic acids is 1. The molecule has 0 aliphatic rings. The highest BCUT2D eigenvalue weighted by Gasteiger charge is 2.18. The van der Waals surface area contributed by atoms with Crippen molar-refractivity contribution in [3.63, 3.8) is 0 Å². The molecule has 124 valence electrons. The maximum atomic E-state index is 13.2. The molecule has 6 nitrogen and oxygen atoms in total. The van der Waals surface area contributed by atoms with Crippen molar-refractivity contribution in [2.75, 3.05) is 5.32 Å². The minimum absolute atomic E-state index is 0.288. The van der Waals surface area contributed by atoms with E-state index in [1.165, 1.54) is 12.1 Å². The van der Waals surface area contributed by atoms with Crippen molar-refractivity contribution < 1.29 is 9.18 Å². The number of hydrogen-bond acceptors (Lipinski definition) is 3. The number of rotatable bonds is 4. The lowest BCUT2D eigenvalue weighted by Gasteiger charge is -2.02. The predicted molar refractivity (Wildman–Crippen MR) is 91.3 cm³/mol. The minimum atomic E-state index is -0.346. The Bertz CT molecular complexity index is 902. The van der Waals surface area contributed by atoms with Crippen LogP contribution in [0.25, 0.3) is 0 Å². The third-order valence-electron chi connectivity index (χ3n) is 3.59. The molecule has 0 fully saturated rings. The summed E-state index contributed by atoms with van der Waals surface area (Å²) in [4.78, 5) is 12.3. The molecule has 0 radical (unpaired) electrons. The number of anilines is 1. The first-order valence-electron chi connectivity index (χ1n) is 7.22. The SMILES string of the molecule is Cc1c(Br)c(C(=O)Nc2ccn(Cc3cccc(F)c3)n2)nn1C. The van der Waals surface area contributed by atoms with Crippen molar-refractivity contribution in [2.45, 2.75) is 13.5 Å². The Labute approximate surface area is 146 Å². The van der Waals surface area contributed by atoms with Gasteiger partial charge in [0.1, 0.15) is 5.82 Å². The molecule has 8 heteroatoms. The van der Waals surface area contributed by atoms with E-state index in [1.54, 1.807) is 34.7 Å². The first-order valence-corrected chi connectivity index (χ1v) is 8.01. The molecule has 1 amide bonds. The molecule has 1 N–H and O–H groups in total. The molecule has 3 aromatic rings. The number of aromatic nitrogens is 4. The molecular formula is C16H15BrFN5O. The Balaban J connectivity index is 1.71. The van der Waals surface area contributed by atoms with Gasteiger partial charge in [-0.3, -0.25) is 14.2 Å². The molecule has 0 unspecified atom stereocenters. The van der Waals surface area contributed by atoms with E-state index in [4.69, 9.17) is 0 Å². The van der Waals surface area contributed by atoms with Gasteiger partial charge in [-0.15, -0.1) is 0 Å². The lowest BCUT2D eigenvalue weighted by molar-refractivity contribution is 0.102. The summed E-state index contributed by atoms with van der Waals surface area (Å²) in [6, 6.07) is 7.99. The number of amides is 1. The lowest BCUT2D eigenvalue weighted by atomic mass is 10.2. The number of halogens is 2. The third kappa shape index (κ3) is 3.38. The Morgan fingerprint density at radius 3 is 2.79 bits per heavy atom. The number of carbonyl (C=O) groups is 1. The van der Waals surface area contributed by atoms with Crippen molar-refractivity contribution in [1.29, 1.82) is 0 Å². The average molecular weight is 392 g/mol. The molecule has 0 spiro atoms. The molecule has 0 bridgehead atoms. The summed E-state index contributed by atoms with van der Waals surface area (Å²) < 4.78 is 17.1. The summed E-state index contributed by atoms with van der Waals surface area (Å²) in [5, 5.41) is 11.1. The highest BCUT2D eigenvalue weighted by atomic mass is 79.9. The zero-order valence-electron chi connectivity index (χ0n) is 13.1. The average Bonchev–Trinajstić information content (AvgIpc) is 3.07. The molecule has 0 saturated heterocycles. The maximum absolute atomic E-state index is 13.2. The summed E-state index contributed by atoms with van der Waals surface area (Å²) in [5.41, 5.74) is 1.95. The van der Waals surface area contributed by atoms with Gasteiger partial charge in [-0.25, -0.2) is 4.39 Å². The van der Waals surface area contributed by atoms with E-state index in [1.807, 2.05) is 13.0 Å². The van der Waals surface area contributed by atoms with Crippen LogP contribution in [0.4, 0.5) is 10.2 Å². The number of aryl methyl sites for hydroxylation is 1. The van der Waals surface area contributed by atoms with Crippen molar-refractivity contribution in [3.8, 4) is 0 Å². The highest BCUT2D eigenvalue weighted by Crippen LogP contribution is 2.21. The summed E-state index contributed by atoms with van der Waals surface area (Å²) >= 11 is 3.37. The minimum Gasteiger partial charge on any atom is -0.304 e. The molecule has 2 aromatic heterocycles. The van der Waals surface area contributed by atoms with E-state index in [9.17, 15) is 9.18 Å². The van der Waals surface area contributed by atoms with Crippen LogP contribution in [0.3, 0.4) is 0 Å². The molecule has 0 aliphatic carbocycles. The topological polar surface area (TPSA) is 64.7 Å². The summed E-state index contributed by atoms with van der Waals surface area (Å²) in [6.07, 6.45) is 1.72. The van der Waals surface area contributed by atoms with E-state index in [2.05, 4.69) is 31.4 Å². The predicted octanol–water partition coefficient (Wildman–Crippen LogP) is 3.13. The zero-order chi connectivity index (χ0) is 17.3. The molecule has 0 aliphatic heterocycles. The van der Waals surface area contributed by atoms with Crippen LogP contribution >= 0.6 is 15.9 Å². The van der Waals surface area contributed by atoms with Gasteiger partial charge in [0.25, 0.3) is 5.91 Å². The van der Waals surface area contributed by atoms with Gasteiger partial charge in [-0.2, -0.15) is 10.2 Å². The first kappa shape index (κ1) is 16.4. The molecular weight excluding hydrogens is 377 g/mol. The van der Waals surface area contributed by atoms with E-state index >= 15 is 0 Å². The molecule has 2 heterocycles. The summed E-state index contributed by atoms with van der Waals surface area (Å²) in [6.45, 7) is 2.28. The van der Waals surface area contributed by atoms with E-state index < -0.39 is 0 Å². The molecule has 1 aromatic carbocycles. The van der Waals surface area contributed by atoms with Crippen LogP contribution in [0.15, 0.2) is 41.0 Å². The van der Waals surface area contributed by atoms with Crippen molar-refractivity contribution >= 4 is 27.7 Å². The van der Waals surface area contributed by atoms with Gasteiger partial charge in [0.2, 0.25) is 0 Å². The van der Waals surface area contributed by atoms with Crippen molar-refractivity contribution in [1.82, 2.24) is 19.6 Å². The highest BCUT2D eigenvalue weighted by molar-refractivity contribution is 9.10. The fraction of sp³-hybridized carbons (Fsp3) is 0.188. The zero-order valence-corrected chi connectivity index (χ0v) is 14.7. The fourth-order valence-corrected chi connectivity index (χ4v) is 2.76. The normalized spacial score (nSPS) is 10.8. The standard InChI is InChI=1S/C16H15BrFN5O/c1-10-14(17)15(21-22(10)2)16(24)19-13-6-7-23(20-13)9-11-4-3-5-12(18)8-11/h3-8H,9H2,1-2H3,(H,19,20,24). The van der Waals surface area contributed by atoms with Crippen LogP contribution in [0.5, 0.6) is 0 Å². The van der Waals surface area contributed by atoms with Crippen molar-refractivity contribution in [3.05, 3.63) is 63.8 Å². The Kier molecular flexibility index (Phi) is 4.48. The largest absolute Gasteiger partial charge is 0.304 e. The monoisotopic (exact) mass is 391 g/mol. The number of hydrogen-bond donors (Lipinski definition) is 1. The van der Waals surface area contributed by atoms with E-state index in [0.29, 0.717) is 22.5 Å². The quantitative estimate of drug-likeness (QED) is 0.742. The molecule has 0 saturated carbocycles. The Morgan fingerprint density at radius 2 is 2.12 bits per heavy atom. The Morgan fingerprint density at radius 1 is 1.33 bits per heavy atom. The van der Waals surface area contributed by atoms with Crippen LogP contribution in [0.1, 0.15) is 21.7 Å². The fourth-order valence-electron chi connectivity index (χ4n) is 2.24. The number of nitrogens with zero attached hydrogens (tertiary/aromatic N) is 4. The van der Waals surface area contributed by atoms with Gasteiger partial charge in [0.15, 0.2) is 11.5 Å². The first-order chi connectivity index (χ1) is 11.4. The second-order valence-electron chi connectivity index (χ2n) is 5.35. The summed E-state index contributed by atoms with van der Waals surface area (Å²) in [7, 11) is 1.77. The number of nitrogens with one attached hydrogen (secondary N) is 1. The van der Waals surface area contributed by atoms with Crippen LogP contribution in [-0.4, -0.2) is 25.5 Å². The van der Waals surface area contributed by atoms with E-state index in [-0.39, 0.29) is 11.7 Å².